The van der Waals surface area contributed by atoms with Crippen molar-refractivity contribution in [2.45, 2.75) is 31.7 Å². The molecule has 1 aliphatic rings. The highest BCUT2D eigenvalue weighted by Gasteiger charge is 2.20. The molecule has 1 N–H and O–H groups in total. The first-order valence-corrected chi connectivity index (χ1v) is 7.02. The molecule has 0 saturated heterocycles. The topological polar surface area (TPSA) is 60.2 Å². The molecule has 0 fully saturated rings. The molecule has 1 aliphatic carbocycles. The first-order valence-electron chi connectivity index (χ1n) is 7.02. The number of nitrogens with one attached hydrogen (secondary N) is 1. The van der Waals surface area contributed by atoms with Crippen LogP contribution in [0.2, 0.25) is 0 Å². The average Bonchev–Trinajstić information content (AvgIpc) is 3.00. The molecule has 0 spiro atoms. The summed E-state index contributed by atoms with van der Waals surface area (Å²) in [4.78, 5) is 4.03. The van der Waals surface area contributed by atoms with Gasteiger partial charge in [0.15, 0.2) is 5.82 Å². The van der Waals surface area contributed by atoms with Gasteiger partial charge in [0.05, 0.1) is 7.11 Å². The molecule has 2 aromatic rings. The van der Waals surface area contributed by atoms with Crippen LogP contribution >= 0.6 is 0 Å². The van der Waals surface area contributed by atoms with E-state index in [1.54, 1.807) is 7.11 Å². The van der Waals surface area contributed by atoms with Crippen LogP contribution in [-0.2, 0) is 12.8 Å². The number of nitrogens with zero attached hydrogens (tertiary/aromatic N) is 2. The summed E-state index contributed by atoms with van der Waals surface area (Å²) in [5.74, 6) is 1.69. The highest BCUT2D eigenvalue weighted by Crippen LogP contribution is 2.32. The van der Waals surface area contributed by atoms with Crippen molar-refractivity contribution in [1.82, 2.24) is 15.5 Å². The molecule has 0 bridgehead atoms. The Morgan fingerprint density at radius 3 is 3.20 bits per heavy atom. The molecule has 0 radical (unpaired) electrons. The Balaban J connectivity index is 1.64. The normalized spacial score (nSPS) is 17.8. The van der Waals surface area contributed by atoms with E-state index in [1.165, 1.54) is 30.4 Å². The Morgan fingerprint density at radius 1 is 1.45 bits per heavy atom. The van der Waals surface area contributed by atoms with Crippen molar-refractivity contribution in [1.29, 1.82) is 0 Å². The second-order valence-electron chi connectivity index (χ2n) is 5.06. The Morgan fingerprint density at radius 2 is 2.40 bits per heavy atom. The summed E-state index contributed by atoms with van der Waals surface area (Å²) in [6.07, 6.45) is 5.68. The molecule has 0 saturated carbocycles. The summed E-state index contributed by atoms with van der Waals surface area (Å²) in [5, 5.41) is 7.41. The molecule has 1 aromatic heterocycles. The first kappa shape index (κ1) is 13.1. The fourth-order valence-electron chi connectivity index (χ4n) is 2.79. The van der Waals surface area contributed by atoms with Gasteiger partial charge in [0.25, 0.3) is 0 Å². The summed E-state index contributed by atoms with van der Waals surface area (Å²) >= 11 is 0. The maximum Gasteiger partial charge on any atom is 0.213 e. The minimum Gasteiger partial charge on any atom is -0.497 e. The van der Waals surface area contributed by atoms with Crippen molar-refractivity contribution >= 4 is 0 Å². The Hall–Kier alpha value is -1.88. The van der Waals surface area contributed by atoms with Crippen molar-refractivity contribution in [2.24, 2.45) is 0 Å². The standard InChI is InChI=1S/C15H19N3O2/c1-19-12-5-6-13-11(9-12)3-2-4-14(13)16-8-7-15-17-10-20-18-15/h5-6,9-10,14,16H,2-4,7-8H2,1H3. The van der Waals surface area contributed by atoms with Crippen molar-refractivity contribution < 1.29 is 9.26 Å². The van der Waals surface area contributed by atoms with Crippen molar-refractivity contribution in [3.8, 4) is 5.75 Å². The van der Waals surface area contributed by atoms with E-state index < -0.39 is 0 Å². The molecular formula is C15H19N3O2. The largest absolute Gasteiger partial charge is 0.497 e. The summed E-state index contributed by atoms with van der Waals surface area (Å²) in [6.45, 7) is 0.857. The molecule has 20 heavy (non-hydrogen) atoms. The lowest BCUT2D eigenvalue weighted by Crippen LogP contribution is -2.27. The van der Waals surface area contributed by atoms with Gasteiger partial charge < -0.3 is 14.6 Å². The number of rotatable bonds is 5. The van der Waals surface area contributed by atoms with Gasteiger partial charge in [-0.2, -0.15) is 4.98 Å². The second-order valence-corrected chi connectivity index (χ2v) is 5.06. The number of benzene rings is 1. The monoisotopic (exact) mass is 273 g/mol. The third kappa shape index (κ3) is 2.82. The van der Waals surface area contributed by atoms with E-state index in [0.29, 0.717) is 6.04 Å². The maximum absolute atomic E-state index is 5.30. The number of hydrogen-bond donors (Lipinski definition) is 1. The van der Waals surface area contributed by atoms with E-state index in [1.807, 2.05) is 6.07 Å². The van der Waals surface area contributed by atoms with Gasteiger partial charge in [-0.05, 0) is 42.5 Å². The van der Waals surface area contributed by atoms with Gasteiger partial charge in [-0.1, -0.05) is 11.2 Å². The van der Waals surface area contributed by atoms with Crippen LogP contribution in [0.1, 0.15) is 35.8 Å². The van der Waals surface area contributed by atoms with Crippen LogP contribution in [0.5, 0.6) is 5.75 Å². The molecule has 1 unspecified atom stereocenters. The zero-order chi connectivity index (χ0) is 13.8. The number of ether oxygens (including phenoxy) is 1. The van der Waals surface area contributed by atoms with E-state index in [4.69, 9.17) is 9.26 Å². The molecule has 0 amide bonds. The van der Waals surface area contributed by atoms with Crippen molar-refractivity contribution in [3.63, 3.8) is 0 Å². The van der Waals surface area contributed by atoms with Crippen LogP contribution in [0, 0.1) is 0 Å². The quantitative estimate of drug-likeness (QED) is 0.905. The van der Waals surface area contributed by atoms with E-state index in [9.17, 15) is 0 Å². The van der Waals surface area contributed by atoms with Crippen LogP contribution in [0.15, 0.2) is 29.1 Å². The fraction of sp³-hybridized carbons (Fsp3) is 0.467. The SMILES string of the molecule is COc1ccc2c(c1)CCCC2NCCc1ncon1. The highest BCUT2D eigenvalue weighted by atomic mass is 16.5. The molecule has 3 rings (SSSR count). The number of aromatic nitrogens is 2. The number of methoxy groups -OCH3 is 1. The highest BCUT2D eigenvalue weighted by molar-refractivity contribution is 5.39. The van der Waals surface area contributed by atoms with Crippen LogP contribution in [-0.4, -0.2) is 23.8 Å². The zero-order valence-corrected chi connectivity index (χ0v) is 11.6. The lowest BCUT2D eigenvalue weighted by Gasteiger charge is -2.26. The van der Waals surface area contributed by atoms with Crippen LogP contribution in [0.25, 0.3) is 0 Å². The first-order chi connectivity index (χ1) is 9.86. The number of aryl methyl sites for hydroxylation is 1. The molecule has 106 valence electrons. The minimum atomic E-state index is 0.413. The van der Waals surface area contributed by atoms with Crippen LogP contribution < -0.4 is 10.1 Å². The predicted molar refractivity (Wildman–Crippen MR) is 74.7 cm³/mol. The molecule has 1 heterocycles. The van der Waals surface area contributed by atoms with Gasteiger partial charge in [-0.15, -0.1) is 0 Å². The fourth-order valence-corrected chi connectivity index (χ4v) is 2.79. The molecule has 1 aromatic carbocycles. The molecule has 5 nitrogen and oxygen atoms in total. The van der Waals surface area contributed by atoms with Gasteiger partial charge in [-0.25, -0.2) is 0 Å². The van der Waals surface area contributed by atoms with Gasteiger partial charge in [-0.3, -0.25) is 0 Å². The van der Waals surface area contributed by atoms with Crippen molar-refractivity contribution in [3.05, 3.63) is 41.5 Å². The van der Waals surface area contributed by atoms with E-state index in [-0.39, 0.29) is 0 Å². The summed E-state index contributed by atoms with van der Waals surface area (Å²) < 4.78 is 10.0. The van der Waals surface area contributed by atoms with E-state index >= 15 is 0 Å². The Kier molecular flexibility index (Phi) is 3.97. The molecule has 5 heteroatoms. The van der Waals surface area contributed by atoms with E-state index in [2.05, 4.69) is 27.6 Å². The lowest BCUT2D eigenvalue weighted by atomic mass is 9.87. The third-order valence-corrected chi connectivity index (χ3v) is 3.81. The zero-order valence-electron chi connectivity index (χ0n) is 11.6. The summed E-state index contributed by atoms with van der Waals surface area (Å²) in [6, 6.07) is 6.79. The average molecular weight is 273 g/mol. The lowest BCUT2D eigenvalue weighted by molar-refractivity contribution is 0.404. The van der Waals surface area contributed by atoms with Crippen LogP contribution in [0.4, 0.5) is 0 Å². The third-order valence-electron chi connectivity index (χ3n) is 3.81. The van der Waals surface area contributed by atoms with E-state index in [0.717, 1.165) is 31.0 Å². The van der Waals surface area contributed by atoms with Crippen molar-refractivity contribution in [2.75, 3.05) is 13.7 Å². The van der Waals surface area contributed by atoms with Crippen LogP contribution in [0.3, 0.4) is 0 Å². The molecule has 1 atom stereocenters. The van der Waals surface area contributed by atoms with Gasteiger partial charge in [0, 0.05) is 19.0 Å². The minimum absolute atomic E-state index is 0.413. The summed E-state index contributed by atoms with van der Waals surface area (Å²) in [5.41, 5.74) is 2.79. The Labute approximate surface area is 118 Å². The number of fused-ring (bicyclic) bond motifs is 1. The molecule has 0 aliphatic heterocycles. The second kappa shape index (κ2) is 6.05. The molecular weight excluding hydrogens is 254 g/mol. The van der Waals surface area contributed by atoms with Gasteiger partial charge >= 0.3 is 0 Å². The van der Waals surface area contributed by atoms with Gasteiger partial charge in [0.1, 0.15) is 5.75 Å². The predicted octanol–water partition coefficient (Wildman–Crippen LogP) is 2.29. The van der Waals surface area contributed by atoms with Gasteiger partial charge in [0.2, 0.25) is 6.39 Å². The smallest absolute Gasteiger partial charge is 0.213 e. The Bertz CT molecular complexity index is 554. The number of hydrogen-bond acceptors (Lipinski definition) is 5. The maximum atomic E-state index is 5.30. The summed E-state index contributed by atoms with van der Waals surface area (Å²) in [7, 11) is 1.71.